The Morgan fingerprint density at radius 3 is 2.55 bits per heavy atom. The molecule has 2 atom stereocenters. The van der Waals surface area contributed by atoms with E-state index in [9.17, 15) is 19.4 Å². The molecule has 2 unspecified atom stereocenters. The van der Waals surface area contributed by atoms with Crippen molar-refractivity contribution in [2.24, 2.45) is 0 Å². The molecule has 124 valence electrons. The van der Waals surface area contributed by atoms with E-state index < -0.39 is 29.7 Å². The van der Waals surface area contributed by atoms with E-state index in [1.165, 1.54) is 19.2 Å². The molecule has 0 aliphatic rings. The first-order valence-corrected chi connectivity index (χ1v) is 6.80. The number of carbonyl (C=O) groups excluding carboxylic acids is 1. The second-order valence-electron chi connectivity index (χ2n) is 5.79. The third kappa shape index (κ3) is 5.50. The summed E-state index contributed by atoms with van der Waals surface area (Å²) in [4.78, 5) is 11.5. The van der Waals surface area contributed by atoms with Crippen molar-refractivity contribution in [2.75, 3.05) is 13.7 Å². The van der Waals surface area contributed by atoms with Crippen LogP contribution in [-0.4, -0.2) is 41.7 Å². The first-order valence-electron chi connectivity index (χ1n) is 6.80. The van der Waals surface area contributed by atoms with Gasteiger partial charge in [-0.3, -0.25) is 0 Å². The zero-order valence-corrected chi connectivity index (χ0v) is 13.1. The zero-order valence-electron chi connectivity index (χ0n) is 13.1. The van der Waals surface area contributed by atoms with Gasteiger partial charge in [-0.05, 0) is 38.5 Å². The van der Waals surface area contributed by atoms with E-state index in [2.05, 4.69) is 5.32 Å². The van der Waals surface area contributed by atoms with Crippen molar-refractivity contribution in [3.8, 4) is 5.75 Å². The van der Waals surface area contributed by atoms with Gasteiger partial charge in [0.1, 0.15) is 17.8 Å². The Hall–Kier alpha value is -1.86. The van der Waals surface area contributed by atoms with Crippen molar-refractivity contribution in [2.45, 2.75) is 38.6 Å². The number of halogens is 1. The molecule has 0 radical (unpaired) electrons. The molecule has 0 aliphatic carbocycles. The fourth-order valence-corrected chi connectivity index (χ4v) is 1.70. The van der Waals surface area contributed by atoms with Gasteiger partial charge in [-0.25, -0.2) is 9.18 Å². The maximum absolute atomic E-state index is 13.3. The molecule has 7 heteroatoms. The van der Waals surface area contributed by atoms with Gasteiger partial charge in [-0.15, -0.1) is 0 Å². The Morgan fingerprint density at radius 2 is 2.00 bits per heavy atom. The largest absolute Gasteiger partial charge is 0.494 e. The normalized spacial score (nSPS) is 14.1. The van der Waals surface area contributed by atoms with E-state index in [0.29, 0.717) is 0 Å². The average molecular weight is 315 g/mol. The number of nitrogens with one attached hydrogen (secondary N) is 1. The topological polar surface area (TPSA) is 88.0 Å². The van der Waals surface area contributed by atoms with Crippen LogP contribution in [0, 0.1) is 5.82 Å². The van der Waals surface area contributed by atoms with Gasteiger partial charge in [-0.2, -0.15) is 0 Å². The summed E-state index contributed by atoms with van der Waals surface area (Å²) < 4.78 is 23.1. The van der Waals surface area contributed by atoms with E-state index in [1.54, 1.807) is 20.8 Å². The van der Waals surface area contributed by atoms with Gasteiger partial charge in [0.15, 0.2) is 11.6 Å². The van der Waals surface area contributed by atoms with Crippen LogP contribution in [-0.2, 0) is 4.74 Å². The van der Waals surface area contributed by atoms with Gasteiger partial charge in [0, 0.05) is 6.54 Å². The number of ether oxygens (including phenoxy) is 2. The summed E-state index contributed by atoms with van der Waals surface area (Å²) in [6.07, 6.45) is -3.28. The molecule has 0 aromatic heterocycles. The highest BCUT2D eigenvalue weighted by atomic mass is 19.1. The summed E-state index contributed by atoms with van der Waals surface area (Å²) in [5.74, 6) is -0.608. The molecule has 3 N–H and O–H groups in total. The standard InChI is InChI=1S/C15H22FNO5/c1-15(2,3)22-14(20)17-8-11(18)13(19)9-5-6-10(16)12(7-9)21-4/h5-7,11,13,18-19H,8H2,1-4H3,(H,17,20). The number of rotatable bonds is 5. The van der Waals surface area contributed by atoms with Crippen molar-refractivity contribution in [3.63, 3.8) is 0 Å². The number of carbonyl (C=O) groups is 1. The summed E-state index contributed by atoms with van der Waals surface area (Å²) >= 11 is 0. The van der Waals surface area contributed by atoms with Crippen molar-refractivity contribution >= 4 is 6.09 Å². The second-order valence-corrected chi connectivity index (χ2v) is 5.79. The maximum atomic E-state index is 13.3. The van der Waals surface area contributed by atoms with Crippen molar-refractivity contribution in [1.29, 1.82) is 0 Å². The highest BCUT2D eigenvalue weighted by molar-refractivity contribution is 5.67. The minimum absolute atomic E-state index is 0.0381. The van der Waals surface area contributed by atoms with Gasteiger partial charge in [0.25, 0.3) is 0 Å². The predicted octanol–water partition coefficient (Wildman–Crippen LogP) is 1.75. The van der Waals surface area contributed by atoms with Gasteiger partial charge >= 0.3 is 6.09 Å². The summed E-state index contributed by atoms with van der Waals surface area (Å²) in [5.41, 5.74) is -0.380. The molecule has 0 saturated carbocycles. The van der Waals surface area contributed by atoms with Crippen LogP contribution in [0.5, 0.6) is 5.75 Å². The number of methoxy groups -OCH3 is 1. The molecule has 22 heavy (non-hydrogen) atoms. The fourth-order valence-electron chi connectivity index (χ4n) is 1.70. The fraction of sp³-hybridized carbons (Fsp3) is 0.533. The Balaban J connectivity index is 2.62. The van der Waals surface area contributed by atoms with Crippen LogP contribution >= 0.6 is 0 Å². The Labute approximate surface area is 128 Å². The van der Waals surface area contributed by atoms with Crippen LogP contribution in [0.2, 0.25) is 0 Å². The monoisotopic (exact) mass is 315 g/mol. The predicted molar refractivity (Wildman–Crippen MR) is 78.2 cm³/mol. The highest BCUT2D eigenvalue weighted by Gasteiger charge is 2.22. The summed E-state index contributed by atoms with van der Waals surface area (Å²) in [7, 11) is 1.30. The van der Waals surface area contributed by atoms with E-state index in [-0.39, 0.29) is 17.9 Å². The van der Waals surface area contributed by atoms with Crippen LogP contribution in [0.1, 0.15) is 32.4 Å². The van der Waals surface area contributed by atoms with Gasteiger partial charge in [0.05, 0.1) is 7.11 Å². The van der Waals surface area contributed by atoms with Gasteiger partial charge in [0.2, 0.25) is 0 Å². The first-order chi connectivity index (χ1) is 10.1. The third-order valence-electron chi connectivity index (χ3n) is 2.74. The van der Waals surface area contributed by atoms with Crippen LogP contribution < -0.4 is 10.1 Å². The Morgan fingerprint density at radius 1 is 1.36 bits per heavy atom. The average Bonchev–Trinajstić information content (AvgIpc) is 2.42. The van der Waals surface area contributed by atoms with Crippen LogP contribution in [0.3, 0.4) is 0 Å². The van der Waals surface area contributed by atoms with E-state index >= 15 is 0 Å². The van der Waals surface area contributed by atoms with E-state index in [4.69, 9.17) is 9.47 Å². The molecule has 0 heterocycles. The van der Waals surface area contributed by atoms with Crippen LogP contribution in [0.15, 0.2) is 18.2 Å². The molecule has 0 fully saturated rings. The highest BCUT2D eigenvalue weighted by Crippen LogP contribution is 2.24. The lowest BCUT2D eigenvalue weighted by atomic mass is 10.0. The summed E-state index contributed by atoms with van der Waals surface area (Å²) in [6.45, 7) is 4.92. The Bertz CT molecular complexity index is 515. The molecule has 1 aromatic rings. The van der Waals surface area contributed by atoms with Crippen molar-refractivity contribution in [3.05, 3.63) is 29.6 Å². The smallest absolute Gasteiger partial charge is 0.407 e. The number of hydrogen-bond acceptors (Lipinski definition) is 5. The molecule has 1 amide bonds. The first kappa shape index (κ1) is 18.2. The lowest BCUT2D eigenvalue weighted by Gasteiger charge is -2.22. The zero-order chi connectivity index (χ0) is 16.9. The number of hydrogen-bond donors (Lipinski definition) is 3. The van der Waals surface area contributed by atoms with Crippen molar-refractivity contribution in [1.82, 2.24) is 5.32 Å². The van der Waals surface area contributed by atoms with Crippen LogP contribution in [0.25, 0.3) is 0 Å². The second kappa shape index (κ2) is 7.42. The number of aliphatic hydroxyl groups excluding tert-OH is 2. The molecule has 6 nitrogen and oxygen atoms in total. The number of benzene rings is 1. The number of aliphatic hydroxyl groups is 2. The maximum Gasteiger partial charge on any atom is 0.407 e. The summed E-state index contributed by atoms with van der Waals surface area (Å²) in [5, 5.41) is 22.3. The van der Waals surface area contributed by atoms with Gasteiger partial charge in [-0.1, -0.05) is 6.07 Å². The van der Waals surface area contributed by atoms with Gasteiger partial charge < -0.3 is 25.0 Å². The molecule has 0 spiro atoms. The number of amides is 1. The molecule has 1 aromatic carbocycles. The summed E-state index contributed by atoms with van der Waals surface area (Å²) in [6, 6.07) is 3.75. The van der Waals surface area contributed by atoms with Crippen LogP contribution in [0.4, 0.5) is 9.18 Å². The molecular formula is C15H22FNO5. The lowest BCUT2D eigenvalue weighted by molar-refractivity contribution is 0.0128. The molecule has 0 aliphatic heterocycles. The molecule has 0 saturated heterocycles. The molecule has 1 rings (SSSR count). The lowest BCUT2D eigenvalue weighted by Crippen LogP contribution is -2.38. The minimum atomic E-state index is -1.30. The van der Waals surface area contributed by atoms with Crippen molar-refractivity contribution < 1.29 is 28.9 Å². The van der Waals surface area contributed by atoms with E-state index in [0.717, 1.165) is 6.07 Å². The Kier molecular flexibility index (Phi) is 6.13. The minimum Gasteiger partial charge on any atom is -0.494 e. The SMILES string of the molecule is COc1cc(C(O)C(O)CNC(=O)OC(C)(C)C)ccc1F. The number of alkyl carbamates (subject to hydrolysis) is 1. The van der Waals surface area contributed by atoms with E-state index in [1.807, 2.05) is 0 Å². The molecular weight excluding hydrogens is 293 g/mol. The quantitative estimate of drug-likeness (QED) is 0.770. The molecule has 0 bridgehead atoms. The third-order valence-corrected chi connectivity index (χ3v) is 2.74.